The van der Waals surface area contributed by atoms with Gasteiger partial charge in [-0.15, -0.1) is 0 Å². The maximum atomic E-state index is 13.4. The monoisotopic (exact) mass is 243 g/mol. The Morgan fingerprint density at radius 2 is 1.76 bits per heavy atom. The molecule has 0 heterocycles. The van der Waals surface area contributed by atoms with Crippen LogP contribution in [0.5, 0.6) is 0 Å². The Morgan fingerprint density at radius 1 is 1.29 bits per heavy atom. The molecule has 4 nitrogen and oxygen atoms in total. The molecule has 0 aromatic heterocycles. The van der Waals surface area contributed by atoms with E-state index in [4.69, 9.17) is 5.11 Å². The third kappa shape index (κ3) is 2.58. The Kier molecular flexibility index (Phi) is 3.77. The van der Waals surface area contributed by atoms with Gasteiger partial charge in [-0.1, -0.05) is 6.07 Å². The number of rotatable bonds is 3. The van der Waals surface area contributed by atoms with Gasteiger partial charge in [0.05, 0.1) is 5.56 Å². The van der Waals surface area contributed by atoms with E-state index in [9.17, 15) is 18.4 Å². The summed E-state index contributed by atoms with van der Waals surface area (Å²) in [7, 11) is 1.17. The van der Waals surface area contributed by atoms with Crippen LogP contribution in [0.25, 0.3) is 0 Å². The topological polar surface area (TPSA) is 57.6 Å². The molecular formula is C11H11F2NO3. The number of carboxylic acid groups (broad SMARTS) is 1. The second-order valence-corrected chi connectivity index (χ2v) is 3.51. The van der Waals surface area contributed by atoms with Crippen LogP contribution in [-0.4, -0.2) is 28.9 Å². The lowest BCUT2D eigenvalue weighted by atomic mass is 10.0. The molecule has 0 fully saturated rings. The largest absolute Gasteiger partial charge is 0.479 e. The van der Waals surface area contributed by atoms with Crippen LogP contribution >= 0.6 is 0 Å². The minimum atomic E-state index is -1.67. The first-order valence-electron chi connectivity index (χ1n) is 4.76. The van der Waals surface area contributed by atoms with Crippen molar-refractivity contribution in [1.29, 1.82) is 0 Å². The number of amides is 1. The fraction of sp³-hybridized carbons (Fsp3) is 0.273. The summed E-state index contributed by atoms with van der Waals surface area (Å²) in [4.78, 5) is 22.9. The number of halogens is 2. The Labute approximate surface area is 96.5 Å². The summed E-state index contributed by atoms with van der Waals surface area (Å²) in [6, 6.07) is 1.35. The standard InChI is InChI=1S/C11H11F2NO3/c1-6(15)14(2)10(11(16)17)9-7(12)4-3-5-8(9)13/h3-5,10H,1-2H3,(H,16,17). The van der Waals surface area contributed by atoms with Crippen LogP contribution in [0.2, 0.25) is 0 Å². The zero-order valence-electron chi connectivity index (χ0n) is 9.28. The summed E-state index contributed by atoms with van der Waals surface area (Å²) >= 11 is 0. The lowest BCUT2D eigenvalue weighted by Gasteiger charge is -2.24. The molecule has 17 heavy (non-hydrogen) atoms. The molecule has 0 aliphatic heterocycles. The molecule has 0 spiro atoms. The van der Waals surface area contributed by atoms with Crippen LogP contribution in [0, 0.1) is 11.6 Å². The molecule has 92 valence electrons. The summed E-state index contributed by atoms with van der Waals surface area (Å²) in [5.74, 6) is -4.08. The molecule has 0 aliphatic carbocycles. The van der Waals surface area contributed by atoms with Gasteiger partial charge in [0, 0.05) is 14.0 Å². The average Bonchev–Trinajstić information content (AvgIpc) is 2.22. The van der Waals surface area contributed by atoms with Crippen molar-refractivity contribution < 1.29 is 23.5 Å². The van der Waals surface area contributed by atoms with E-state index in [0.29, 0.717) is 0 Å². The molecule has 6 heteroatoms. The van der Waals surface area contributed by atoms with Gasteiger partial charge in [0.1, 0.15) is 11.6 Å². The summed E-state index contributed by atoms with van der Waals surface area (Å²) < 4.78 is 26.9. The van der Waals surface area contributed by atoms with Gasteiger partial charge in [-0.25, -0.2) is 13.6 Å². The van der Waals surface area contributed by atoms with Crippen molar-refractivity contribution >= 4 is 11.9 Å². The number of nitrogens with zero attached hydrogens (tertiary/aromatic N) is 1. The molecule has 1 amide bonds. The van der Waals surface area contributed by atoms with Crippen molar-refractivity contribution in [3.63, 3.8) is 0 Å². The van der Waals surface area contributed by atoms with Gasteiger partial charge in [-0.3, -0.25) is 4.79 Å². The molecule has 1 atom stereocenters. The van der Waals surface area contributed by atoms with Crippen molar-refractivity contribution in [2.75, 3.05) is 7.05 Å². The van der Waals surface area contributed by atoms with E-state index in [2.05, 4.69) is 0 Å². The van der Waals surface area contributed by atoms with Crippen molar-refractivity contribution in [1.82, 2.24) is 4.90 Å². The highest BCUT2D eigenvalue weighted by molar-refractivity contribution is 5.83. The molecular weight excluding hydrogens is 232 g/mol. The quantitative estimate of drug-likeness (QED) is 0.876. The highest BCUT2D eigenvalue weighted by Crippen LogP contribution is 2.25. The van der Waals surface area contributed by atoms with E-state index in [1.54, 1.807) is 0 Å². The van der Waals surface area contributed by atoms with Crippen LogP contribution in [0.15, 0.2) is 18.2 Å². The molecule has 1 N–H and O–H groups in total. The Hall–Kier alpha value is -1.98. The van der Waals surface area contributed by atoms with E-state index < -0.39 is 35.1 Å². The van der Waals surface area contributed by atoms with E-state index >= 15 is 0 Å². The number of benzene rings is 1. The Morgan fingerprint density at radius 3 is 2.12 bits per heavy atom. The van der Waals surface area contributed by atoms with Crippen LogP contribution < -0.4 is 0 Å². The first-order chi connectivity index (χ1) is 7.86. The highest BCUT2D eigenvalue weighted by atomic mass is 19.1. The van der Waals surface area contributed by atoms with Crippen molar-refractivity contribution in [3.8, 4) is 0 Å². The zero-order valence-corrected chi connectivity index (χ0v) is 9.28. The molecule has 0 aliphatic rings. The summed E-state index contributed by atoms with van der Waals surface area (Å²) in [6.45, 7) is 1.12. The van der Waals surface area contributed by atoms with E-state index in [1.165, 1.54) is 7.05 Å². The predicted octanol–water partition coefficient (Wildman–Crippen LogP) is 1.57. The lowest BCUT2D eigenvalue weighted by Crippen LogP contribution is -2.35. The average molecular weight is 243 g/mol. The van der Waals surface area contributed by atoms with Crippen LogP contribution in [0.1, 0.15) is 18.5 Å². The third-order valence-electron chi connectivity index (χ3n) is 2.39. The number of carbonyl (C=O) groups excluding carboxylic acids is 1. The first-order valence-corrected chi connectivity index (χ1v) is 4.76. The molecule has 0 saturated carbocycles. The molecule has 0 bridgehead atoms. The predicted molar refractivity (Wildman–Crippen MR) is 55.2 cm³/mol. The number of aliphatic carboxylic acids is 1. The molecule has 1 aromatic carbocycles. The number of likely N-dealkylation sites (N-methyl/N-ethyl adjacent to an activating group) is 1. The Balaban J connectivity index is 3.33. The number of hydrogen-bond donors (Lipinski definition) is 1. The SMILES string of the molecule is CC(=O)N(C)C(C(=O)O)c1c(F)cccc1F. The van der Waals surface area contributed by atoms with Gasteiger partial charge in [0.15, 0.2) is 6.04 Å². The molecule has 1 aromatic rings. The highest BCUT2D eigenvalue weighted by Gasteiger charge is 2.31. The van der Waals surface area contributed by atoms with E-state index in [1.807, 2.05) is 0 Å². The van der Waals surface area contributed by atoms with Gasteiger partial charge in [-0.05, 0) is 12.1 Å². The maximum Gasteiger partial charge on any atom is 0.331 e. The van der Waals surface area contributed by atoms with Crippen molar-refractivity contribution in [2.24, 2.45) is 0 Å². The third-order valence-corrected chi connectivity index (χ3v) is 2.39. The fourth-order valence-corrected chi connectivity index (χ4v) is 1.44. The minimum absolute atomic E-state index is 0.597. The lowest BCUT2D eigenvalue weighted by molar-refractivity contribution is -0.148. The van der Waals surface area contributed by atoms with E-state index in [0.717, 1.165) is 30.0 Å². The summed E-state index contributed by atoms with van der Waals surface area (Å²) in [6.07, 6.45) is 0. The number of carbonyl (C=O) groups is 2. The van der Waals surface area contributed by atoms with Crippen molar-refractivity contribution in [3.05, 3.63) is 35.4 Å². The van der Waals surface area contributed by atoms with Crippen LogP contribution in [-0.2, 0) is 9.59 Å². The van der Waals surface area contributed by atoms with E-state index in [-0.39, 0.29) is 0 Å². The Bertz CT molecular complexity index is 442. The van der Waals surface area contributed by atoms with Gasteiger partial charge < -0.3 is 10.0 Å². The first kappa shape index (κ1) is 13.1. The summed E-state index contributed by atoms with van der Waals surface area (Å²) in [5.41, 5.74) is -0.641. The normalized spacial score (nSPS) is 12.0. The minimum Gasteiger partial charge on any atom is -0.479 e. The number of hydrogen-bond acceptors (Lipinski definition) is 2. The second-order valence-electron chi connectivity index (χ2n) is 3.51. The smallest absolute Gasteiger partial charge is 0.331 e. The molecule has 1 unspecified atom stereocenters. The van der Waals surface area contributed by atoms with Gasteiger partial charge >= 0.3 is 5.97 Å². The second kappa shape index (κ2) is 4.90. The molecule has 1 rings (SSSR count). The van der Waals surface area contributed by atoms with Gasteiger partial charge in [0.25, 0.3) is 0 Å². The van der Waals surface area contributed by atoms with Crippen molar-refractivity contribution in [2.45, 2.75) is 13.0 Å². The zero-order chi connectivity index (χ0) is 13.2. The number of carboxylic acids is 1. The van der Waals surface area contributed by atoms with Crippen LogP contribution in [0.4, 0.5) is 8.78 Å². The molecule has 0 radical (unpaired) electrons. The fourth-order valence-electron chi connectivity index (χ4n) is 1.44. The van der Waals surface area contributed by atoms with Gasteiger partial charge in [-0.2, -0.15) is 0 Å². The van der Waals surface area contributed by atoms with Gasteiger partial charge in [0.2, 0.25) is 5.91 Å². The summed E-state index contributed by atoms with van der Waals surface area (Å²) in [5, 5.41) is 8.97. The maximum absolute atomic E-state index is 13.4. The van der Waals surface area contributed by atoms with Crippen LogP contribution in [0.3, 0.4) is 0 Å². The molecule has 0 saturated heterocycles.